The average Bonchev–Trinajstić information content (AvgIpc) is 3.73. The van der Waals surface area contributed by atoms with E-state index in [0.717, 1.165) is 13.1 Å². The average molecular weight is 637 g/mol. The number of aliphatic hydroxyl groups is 4. The van der Waals surface area contributed by atoms with Gasteiger partial charge in [-0.15, -0.1) is 0 Å². The van der Waals surface area contributed by atoms with Crippen LogP contribution in [-0.4, -0.2) is 123 Å². The molecule has 2 fully saturated rings. The van der Waals surface area contributed by atoms with Crippen molar-refractivity contribution in [2.24, 2.45) is 11.8 Å². The highest BCUT2D eigenvalue weighted by molar-refractivity contribution is 5.70. The maximum absolute atomic E-state index is 13.0. The molecule has 0 aromatic rings. The number of piperazine rings is 1. The first-order valence-corrected chi connectivity index (χ1v) is 16.4. The number of hydrogen-bond acceptors (Lipinski definition) is 10. The lowest BCUT2D eigenvalue weighted by molar-refractivity contribution is -0.151. The number of nitrogens with zero attached hydrogens (tertiary/aromatic N) is 2. The summed E-state index contributed by atoms with van der Waals surface area (Å²) in [4.78, 5) is 29.6. The monoisotopic (exact) mass is 636 g/mol. The number of esters is 1. The molecule has 0 aromatic carbocycles. The molecule has 10 atom stereocenters. The zero-order chi connectivity index (χ0) is 33.5. The standard InChI is InChI=1S/C34H56N2O9/c1-8-26(38)24(4)31-27(43-31)21-33(5,41)14-9-10-22(2)30-23(3)11-12-28(44-32(40)36-18-16-35(7)17-19-36)34(6,42)15-13-25(37)20-29(39)45-30/h9-12,14,23-28,30-31,37-38,41-42H,8,13,15-21H2,1-7H3. The number of carbonyl (C=O) groups is 2. The van der Waals surface area contributed by atoms with Gasteiger partial charge in [-0.05, 0) is 58.7 Å². The van der Waals surface area contributed by atoms with Crippen molar-refractivity contribution in [1.82, 2.24) is 9.80 Å². The van der Waals surface area contributed by atoms with Gasteiger partial charge in [-0.2, -0.15) is 0 Å². The predicted molar refractivity (Wildman–Crippen MR) is 170 cm³/mol. The zero-order valence-corrected chi connectivity index (χ0v) is 28.1. The Morgan fingerprint density at radius 3 is 2.58 bits per heavy atom. The highest BCUT2D eigenvalue weighted by Crippen LogP contribution is 2.37. The summed E-state index contributed by atoms with van der Waals surface area (Å²) < 4.78 is 17.4. The smallest absolute Gasteiger partial charge is 0.410 e. The lowest BCUT2D eigenvalue weighted by Gasteiger charge is -2.36. The van der Waals surface area contributed by atoms with E-state index in [-0.39, 0.29) is 43.3 Å². The second kappa shape index (κ2) is 16.0. The van der Waals surface area contributed by atoms with Gasteiger partial charge in [-0.25, -0.2) is 4.79 Å². The summed E-state index contributed by atoms with van der Waals surface area (Å²) in [6.45, 7) is 13.3. The molecule has 3 rings (SSSR count). The van der Waals surface area contributed by atoms with Crippen LogP contribution in [0.2, 0.25) is 0 Å². The van der Waals surface area contributed by atoms with Crippen LogP contribution < -0.4 is 0 Å². The number of aliphatic hydroxyl groups excluding tert-OH is 2. The Labute approximate surface area is 268 Å². The Morgan fingerprint density at radius 1 is 1.27 bits per heavy atom. The van der Waals surface area contributed by atoms with E-state index in [2.05, 4.69) is 4.90 Å². The van der Waals surface area contributed by atoms with Gasteiger partial charge in [0.1, 0.15) is 11.7 Å². The molecule has 256 valence electrons. The summed E-state index contributed by atoms with van der Waals surface area (Å²) in [5.74, 6) is -0.942. The molecule has 1 amide bonds. The van der Waals surface area contributed by atoms with E-state index in [0.29, 0.717) is 31.5 Å². The predicted octanol–water partition coefficient (Wildman–Crippen LogP) is 2.96. The first-order chi connectivity index (χ1) is 21.0. The van der Waals surface area contributed by atoms with Crippen LogP contribution in [0, 0.1) is 11.8 Å². The second-order valence-corrected chi connectivity index (χ2v) is 13.8. The number of amides is 1. The Hall–Kier alpha value is -2.28. The first kappa shape index (κ1) is 37.2. The van der Waals surface area contributed by atoms with Crippen molar-refractivity contribution in [3.63, 3.8) is 0 Å². The fourth-order valence-corrected chi connectivity index (χ4v) is 5.97. The minimum atomic E-state index is -1.48. The topological polar surface area (TPSA) is 153 Å². The van der Waals surface area contributed by atoms with Crippen molar-refractivity contribution in [1.29, 1.82) is 0 Å². The Balaban J connectivity index is 1.74. The van der Waals surface area contributed by atoms with Crippen molar-refractivity contribution in [2.45, 2.75) is 121 Å². The van der Waals surface area contributed by atoms with E-state index in [1.54, 1.807) is 49.1 Å². The summed E-state index contributed by atoms with van der Waals surface area (Å²) >= 11 is 0. The normalized spacial score (nSPS) is 35.1. The van der Waals surface area contributed by atoms with Crippen molar-refractivity contribution in [3.05, 3.63) is 36.0 Å². The van der Waals surface area contributed by atoms with Gasteiger partial charge in [-0.1, -0.05) is 45.1 Å². The van der Waals surface area contributed by atoms with Crippen LogP contribution >= 0.6 is 0 Å². The number of cyclic esters (lactones) is 1. The van der Waals surface area contributed by atoms with Crippen LogP contribution in [0.15, 0.2) is 36.0 Å². The molecular weight excluding hydrogens is 580 g/mol. The molecular formula is C34H56N2O9. The van der Waals surface area contributed by atoms with Gasteiger partial charge in [-0.3, -0.25) is 4.79 Å². The Morgan fingerprint density at radius 2 is 1.93 bits per heavy atom. The molecule has 2 saturated heterocycles. The van der Waals surface area contributed by atoms with E-state index >= 15 is 0 Å². The van der Waals surface area contributed by atoms with Crippen LogP contribution in [0.3, 0.4) is 0 Å². The summed E-state index contributed by atoms with van der Waals surface area (Å²) in [6.07, 6.45) is 5.71. The van der Waals surface area contributed by atoms with Crippen LogP contribution in [0.1, 0.15) is 73.6 Å². The van der Waals surface area contributed by atoms with Gasteiger partial charge < -0.3 is 44.4 Å². The van der Waals surface area contributed by atoms with Gasteiger partial charge in [0.25, 0.3) is 0 Å². The molecule has 4 N–H and O–H groups in total. The number of hydrogen-bond donors (Lipinski definition) is 4. The lowest BCUT2D eigenvalue weighted by Crippen LogP contribution is -2.50. The molecule has 0 spiro atoms. The number of likely N-dealkylation sites (N-methyl/N-ethyl adjacent to an activating group) is 1. The van der Waals surface area contributed by atoms with Crippen LogP contribution in [0.5, 0.6) is 0 Å². The van der Waals surface area contributed by atoms with Crippen LogP contribution in [-0.2, 0) is 19.0 Å². The molecule has 45 heavy (non-hydrogen) atoms. The Bertz CT molecular complexity index is 1080. The molecule has 0 saturated carbocycles. The van der Waals surface area contributed by atoms with Crippen molar-refractivity contribution in [3.8, 4) is 0 Å². The SMILES string of the molecule is CCC(O)C(C)C1OC1CC(C)(O)C=CC=C(C)C1OC(=O)CC(O)CCC(C)(O)C(OC(=O)N2CCN(C)CC2)C=CC1C. The van der Waals surface area contributed by atoms with E-state index in [9.17, 15) is 30.0 Å². The summed E-state index contributed by atoms with van der Waals surface area (Å²) in [5, 5.41) is 43.0. The molecule has 0 radical (unpaired) electrons. The van der Waals surface area contributed by atoms with E-state index < -0.39 is 47.7 Å². The maximum Gasteiger partial charge on any atom is 0.410 e. The molecule has 10 unspecified atom stereocenters. The minimum Gasteiger partial charge on any atom is -0.457 e. The van der Waals surface area contributed by atoms with Crippen molar-refractivity contribution < 1.29 is 44.2 Å². The van der Waals surface area contributed by atoms with Gasteiger partial charge in [0.15, 0.2) is 6.10 Å². The molecule has 0 aromatic heterocycles. The number of epoxide rings is 1. The quantitative estimate of drug-likeness (QED) is 0.129. The molecule has 11 nitrogen and oxygen atoms in total. The number of carbonyl (C=O) groups excluding carboxylic acids is 2. The van der Waals surface area contributed by atoms with Gasteiger partial charge in [0.2, 0.25) is 0 Å². The van der Waals surface area contributed by atoms with Crippen molar-refractivity contribution >= 4 is 12.1 Å². The zero-order valence-electron chi connectivity index (χ0n) is 28.1. The lowest BCUT2D eigenvalue weighted by atomic mass is 9.88. The largest absolute Gasteiger partial charge is 0.457 e. The molecule has 3 aliphatic heterocycles. The van der Waals surface area contributed by atoms with E-state index in [1.807, 2.05) is 34.7 Å². The second-order valence-electron chi connectivity index (χ2n) is 13.8. The number of allylic oxidation sites excluding steroid dienone is 2. The summed E-state index contributed by atoms with van der Waals surface area (Å²) in [5.41, 5.74) is -1.93. The number of rotatable bonds is 9. The van der Waals surface area contributed by atoms with E-state index in [1.165, 1.54) is 0 Å². The summed E-state index contributed by atoms with van der Waals surface area (Å²) in [6, 6.07) is 0. The third-order valence-electron chi connectivity index (χ3n) is 9.36. The van der Waals surface area contributed by atoms with E-state index in [4.69, 9.17) is 14.2 Å². The van der Waals surface area contributed by atoms with Crippen LogP contribution in [0.4, 0.5) is 4.79 Å². The molecule has 3 heterocycles. The molecule has 0 bridgehead atoms. The fraction of sp³-hybridized carbons (Fsp3) is 0.765. The van der Waals surface area contributed by atoms with Gasteiger partial charge in [0, 0.05) is 44.4 Å². The van der Waals surface area contributed by atoms with Crippen LogP contribution in [0.25, 0.3) is 0 Å². The summed E-state index contributed by atoms with van der Waals surface area (Å²) in [7, 11) is 1.99. The van der Waals surface area contributed by atoms with Gasteiger partial charge in [0.05, 0.1) is 36.4 Å². The molecule has 0 aliphatic carbocycles. The highest BCUT2D eigenvalue weighted by Gasteiger charge is 2.47. The van der Waals surface area contributed by atoms with Gasteiger partial charge >= 0.3 is 12.1 Å². The minimum absolute atomic E-state index is 0.00985. The third-order valence-corrected chi connectivity index (χ3v) is 9.36. The maximum atomic E-state index is 13.0. The number of ether oxygens (including phenoxy) is 3. The first-order valence-electron chi connectivity index (χ1n) is 16.4. The van der Waals surface area contributed by atoms with Crippen molar-refractivity contribution in [2.75, 3.05) is 33.2 Å². The highest BCUT2D eigenvalue weighted by atomic mass is 16.6. The third kappa shape index (κ3) is 11.2. The fourth-order valence-electron chi connectivity index (χ4n) is 5.97. The molecule has 3 aliphatic rings. The molecule has 11 heteroatoms. The Kier molecular flexibility index (Phi) is 13.2.